The van der Waals surface area contributed by atoms with Gasteiger partial charge in [0.2, 0.25) is 0 Å². The van der Waals surface area contributed by atoms with Crippen LogP contribution < -0.4 is 4.13 Å². The van der Waals surface area contributed by atoms with Gasteiger partial charge in [0, 0.05) is 15.5 Å². The van der Waals surface area contributed by atoms with Crippen LogP contribution in [0.3, 0.4) is 0 Å². The predicted molar refractivity (Wildman–Crippen MR) is 63.5 cm³/mol. The average Bonchev–Trinajstić information content (AvgIpc) is 1.92. The zero-order valence-electron chi connectivity index (χ0n) is 8.94. The molecule has 1 N–H and O–H groups in total. The molecule has 0 bridgehead atoms. The van der Waals surface area contributed by atoms with Gasteiger partial charge in [-0.3, -0.25) is 0 Å². The van der Waals surface area contributed by atoms with Crippen LogP contribution in [0.25, 0.3) is 0 Å². The molecule has 0 atom stereocenters. The van der Waals surface area contributed by atoms with Crippen molar-refractivity contribution in [2.45, 2.75) is 7.43 Å². The van der Waals surface area contributed by atoms with Crippen molar-refractivity contribution < 1.29 is 49.2 Å². The Morgan fingerprint density at radius 3 is 0.905 bits per heavy atom. The van der Waals surface area contributed by atoms with Gasteiger partial charge in [0.25, 0.3) is 0 Å². The van der Waals surface area contributed by atoms with Crippen molar-refractivity contribution in [3.63, 3.8) is 0 Å². The van der Waals surface area contributed by atoms with Crippen molar-refractivity contribution in [3.8, 4) is 0 Å². The fourth-order valence-electron chi connectivity index (χ4n) is 0.225. The van der Waals surface area contributed by atoms with Gasteiger partial charge in [0.1, 0.15) is 0 Å². The number of rotatable bonds is 4. The molecule has 0 amide bonds. The van der Waals surface area contributed by atoms with E-state index in [9.17, 15) is 49.2 Å². The van der Waals surface area contributed by atoms with Crippen LogP contribution in [-0.4, -0.2) is 52.8 Å². The summed E-state index contributed by atoms with van der Waals surface area (Å²) >= 11 is 0. The number of halogens is 4. The second-order valence-electron chi connectivity index (χ2n) is 2.22. The largest absolute Gasteiger partial charge is 0.389 e. The van der Waals surface area contributed by atoms with Gasteiger partial charge < -0.3 is 0 Å². The number of hydrogen-bond acceptors (Lipinski definition) is 8. The first-order valence-electron chi connectivity index (χ1n) is 3.17. The van der Waals surface area contributed by atoms with Crippen molar-refractivity contribution in [1.29, 1.82) is 0 Å². The Hall–Kier alpha value is -0.495. The van der Waals surface area contributed by atoms with Gasteiger partial charge in [0.05, 0.1) is 0 Å². The maximum Gasteiger partial charge on any atom is 0.389 e. The van der Waals surface area contributed by atoms with Crippen molar-refractivity contribution >= 4 is 50.1 Å². The summed E-state index contributed by atoms with van der Waals surface area (Å²) in [6.07, 6.45) is 0. The Morgan fingerprint density at radius 2 is 0.905 bits per heavy atom. The molecule has 129 valence electrons. The molecule has 0 rings (SSSR count). The first kappa shape index (κ1) is 28.6. The third-order valence-electron chi connectivity index (χ3n) is 0.813. The minimum atomic E-state index is -5.49. The van der Waals surface area contributed by atoms with Crippen LogP contribution in [0.1, 0.15) is 7.43 Å². The first-order valence-corrected chi connectivity index (χ1v) is 8.62. The zero-order chi connectivity index (χ0) is 16.3. The van der Waals surface area contributed by atoms with E-state index in [2.05, 4.69) is 0 Å². The van der Waals surface area contributed by atoms with E-state index in [0.717, 1.165) is 0 Å². The molecule has 0 fully saturated rings. The lowest BCUT2D eigenvalue weighted by atomic mass is 10.8. The lowest BCUT2D eigenvalue weighted by molar-refractivity contribution is 0.469. The molecule has 0 heterocycles. The number of nitrogens with zero attached hydrogens (tertiary/aromatic N) is 1. The smallest absolute Gasteiger partial charge is 0.176 e. The summed E-state index contributed by atoms with van der Waals surface area (Å²) in [5.41, 5.74) is 0. The predicted octanol–water partition coefficient (Wildman–Crippen LogP) is -1.39. The standard InChI is InChI=1S/CH3F2NO4S2.CH4.B.F2HNO4S2/c1-4(9(2,5)6)10(3,7)8;;;1-8(4,5)3-9(2,6)7/h1H3;1H4;;3H. The molecule has 0 aromatic carbocycles. The van der Waals surface area contributed by atoms with E-state index in [-0.39, 0.29) is 27.0 Å². The Labute approximate surface area is 122 Å². The molecule has 0 aromatic rings. The van der Waals surface area contributed by atoms with E-state index in [1.165, 1.54) is 0 Å². The lowest BCUT2D eigenvalue weighted by Crippen LogP contribution is -2.26. The Balaban J connectivity index is -0.000000126. The molecule has 19 heteroatoms. The van der Waals surface area contributed by atoms with Gasteiger partial charge in [-0.25, -0.2) is 0 Å². The fourth-order valence-corrected chi connectivity index (χ4v) is 2.03. The van der Waals surface area contributed by atoms with Gasteiger partial charge in [-0.2, -0.15) is 33.7 Å². The molecule has 0 aliphatic heterocycles. The van der Waals surface area contributed by atoms with Crippen LogP contribution in [0.5, 0.6) is 0 Å². The molecular weight excluding hydrogens is 395 g/mol. The second-order valence-corrected chi connectivity index (χ2v) is 7.62. The Morgan fingerprint density at radius 1 is 0.714 bits per heavy atom. The number of hydrogen-bond donors (Lipinski definition) is 1. The highest BCUT2D eigenvalue weighted by atomic mass is 32.3. The minimum absolute atomic E-state index is 0. The van der Waals surface area contributed by atoms with Crippen molar-refractivity contribution in [1.82, 2.24) is 7.84 Å². The third kappa shape index (κ3) is 19.5. The van der Waals surface area contributed by atoms with Crippen molar-refractivity contribution in [2.75, 3.05) is 7.05 Å². The molecule has 21 heavy (non-hydrogen) atoms. The molecule has 0 unspecified atom stereocenters. The van der Waals surface area contributed by atoms with Gasteiger partial charge in [0.15, 0.2) is 0 Å². The molecule has 0 aliphatic rings. The van der Waals surface area contributed by atoms with Crippen LogP contribution in [0.2, 0.25) is 0 Å². The maximum atomic E-state index is 11.6. The molecule has 0 aromatic heterocycles. The zero-order valence-corrected chi connectivity index (χ0v) is 12.2. The number of nitrogens with one attached hydrogen (secondary N) is 1. The summed E-state index contributed by atoms with van der Waals surface area (Å²) in [6.45, 7) is 0. The van der Waals surface area contributed by atoms with Gasteiger partial charge in [-0.05, 0) is 3.71 Å². The SMILES string of the molecule is C.CN(S(=O)(=O)F)S(=O)(=O)F.O=S(=O)(F)NS(=O)(=O)F.[B]. The van der Waals surface area contributed by atoms with Gasteiger partial charge >= 0.3 is 41.6 Å². The summed E-state index contributed by atoms with van der Waals surface area (Å²) in [5, 5.41) is 0. The highest BCUT2D eigenvalue weighted by molar-refractivity contribution is 8.00. The molecule has 10 nitrogen and oxygen atoms in total. The normalized spacial score (nSPS) is 12.5. The van der Waals surface area contributed by atoms with Crippen LogP contribution in [0, 0.1) is 0 Å². The van der Waals surface area contributed by atoms with Crippen molar-refractivity contribution in [2.24, 2.45) is 0 Å². The Bertz CT molecular complexity index is 650. The molecule has 0 saturated carbocycles. The summed E-state index contributed by atoms with van der Waals surface area (Å²) in [5.74, 6) is 0. The molecular formula is C2H8BF4N2O8S4. The quantitative estimate of drug-likeness (QED) is 0.342. The van der Waals surface area contributed by atoms with E-state index < -0.39 is 45.3 Å². The molecule has 0 saturated heterocycles. The average molecular weight is 403 g/mol. The fraction of sp³-hybridized carbons (Fsp3) is 1.00. The highest BCUT2D eigenvalue weighted by Crippen LogP contribution is 2.06. The minimum Gasteiger partial charge on any atom is -0.176 e. The van der Waals surface area contributed by atoms with Crippen LogP contribution in [0.4, 0.5) is 15.5 Å². The van der Waals surface area contributed by atoms with E-state index in [1.54, 1.807) is 0 Å². The van der Waals surface area contributed by atoms with Gasteiger partial charge in [-0.1, -0.05) is 27.1 Å². The summed E-state index contributed by atoms with van der Waals surface area (Å²) in [7, 11) is -21.7. The third-order valence-corrected chi connectivity index (χ3v) is 4.70. The Kier molecular flexibility index (Phi) is 12.0. The molecule has 0 aliphatic carbocycles. The van der Waals surface area contributed by atoms with Gasteiger partial charge in [-0.15, -0.1) is 0 Å². The molecule has 0 spiro atoms. The first-order chi connectivity index (χ1) is 7.86. The maximum absolute atomic E-state index is 11.6. The monoisotopic (exact) mass is 403 g/mol. The van der Waals surface area contributed by atoms with Crippen molar-refractivity contribution in [3.05, 3.63) is 0 Å². The second kappa shape index (κ2) is 8.83. The van der Waals surface area contributed by atoms with Crippen LogP contribution in [-0.2, 0) is 41.6 Å². The summed E-state index contributed by atoms with van der Waals surface area (Å²) < 4.78 is 120. The lowest BCUT2D eigenvalue weighted by Gasteiger charge is -2.02. The van der Waals surface area contributed by atoms with Crippen LogP contribution >= 0.6 is 0 Å². The summed E-state index contributed by atoms with van der Waals surface area (Å²) in [4.78, 5) is 0. The molecule has 3 radical (unpaired) electrons. The van der Waals surface area contributed by atoms with E-state index >= 15 is 0 Å². The van der Waals surface area contributed by atoms with E-state index in [4.69, 9.17) is 0 Å². The topological polar surface area (TPSA) is 152 Å². The van der Waals surface area contributed by atoms with Crippen LogP contribution in [0.15, 0.2) is 0 Å². The van der Waals surface area contributed by atoms with E-state index in [0.29, 0.717) is 0 Å². The highest BCUT2D eigenvalue weighted by Gasteiger charge is 2.29. The summed E-state index contributed by atoms with van der Waals surface area (Å²) in [6, 6.07) is 0. The van der Waals surface area contributed by atoms with E-state index in [1.807, 2.05) is 0 Å².